The number of aromatic nitrogens is 1. The molecule has 0 radical (unpaired) electrons. The molecule has 1 atom stereocenters. The van der Waals surface area contributed by atoms with Gasteiger partial charge in [0.2, 0.25) is 0 Å². The number of benzene rings is 1. The lowest BCUT2D eigenvalue weighted by Gasteiger charge is -2.23. The molecule has 1 saturated heterocycles. The number of aliphatic hydroxyl groups excluding tert-OH is 1. The van der Waals surface area contributed by atoms with Crippen molar-refractivity contribution in [2.75, 3.05) is 31.7 Å². The molecular formula is C26H36N2O7S. The van der Waals surface area contributed by atoms with Gasteiger partial charge in [-0.15, -0.1) is 0 Å². The van der Waals surface area contributed by atoms with E-state index < -0.39 is 22.1 Å². The minimum absolute atomic E-state index is 0.0352. The SMILES string of the molecule is CCc1cnc(NS(=O)(=O)c2cccc(C(=O)OC)c2OCC2CCOCC2)c(CCC(O)CC)c1. The lowest BCUT2D eigenvalue weighted by atomic mass is 10.0. The van der Waals surface area contributed by atoms with Crippen molar-refractivity contribution in [3.63, 3.8) is 0 Å². The van der Waals surface area contributed by atoms with Gasteiger partial charge in [-0.2, -0.15) is 0 Å². The third-order valence-corrected chi connectivity index (χ3v) is 7.72. The summed E-state index contributed by atoms with van der Waals surface area (Å²) in [6, 6.07) is 6.26. The van der Waals surface area contributed by atoms with Crippen LogP contribution in [-0.4, -0.2) is 57.5 Å². The van der Waals surface area contributed by atoms with Crippen molar-refractivity contribution in [2.45, 2.75) is 63.4 Å². The summed E-state index contributed by atoms with van der Waals surface area (Å²) in [5.41, 5.74) is 1.69. The van der Waals surface area contributed by atoms with Crippen LogP contribution in [0.25, 0.3) is 0 Å². The molecule has 9 nitrogen and oxygen atoms in total. The molecule has 2 heterocycles. The molecule has 1 fully saturated rings. The van der Waals surface area contributed by atoms with E-state index in [4.69, 9.17) is 14.2 Å². The summed E-state index contributed by atoms with van der Waals surface area (Å²) in [5, 5.41) is 10.0. The van der Waals surface area contributed by atoms with Gasteiger partial charge in [-0.25, -0.2) is 18.2 Å². The van der Waals surface area contributed by atoms with Crippen molar-refractivity contribution < 1.29 is 32.5 Å². The molecule has 1 aromatic heterocycles. The molecule has 36 heavy (non-hydrogen) atoms. The highest BCUT2D eigenvalue weighted by molar-refractivity contribution is 7.92. The molecular weight excluding hydrogens is 484 g/mol. The van der Waals surface area contributed by atoms with E-state index >= 15 is 0 Å². The molecule has 0 bridgehead atoms. The first-order valence-electron chi connectivity index (χ1n) is 12.4. The zero-order valence-electron chi connectivity index (χ0n) is 21.2. The van der Waals surface area contributed by atoms with Crippen molar-refractivity contribution in [3.8, 4) is 5.75 Å². The molecule has 1 aromatic carbocycles. The number of sulfonamides is 1. The van der Waals surface area contributed by atoms with Gasteiger partial charge in [0.1, 0.15) is 16.3 Å². The van der Waals surface area contributed by atoms with Gasteiger partial charge >= 0.3 is 5.97 Å². The number of rotatable bonds is 12. The minimum atomic E-state index is -4.18. The fourth-order valence-electron chi connectivity index (χ4n) is 4.01. The number of hydrogen-bond acceptors (Lipinski definition) is 8. The second kappa shape index (κ2) is 13.0. The van der Waals surface area contributed by atoms with Crippen molar-refractivity contribution in [2.24, 2.45) is 5.92 Å². The normalized spacial score (nSPS) is 15.3. The summed E-state index contributed by atoms with van der Waals surface area (Å²) in [6.07, 6.45) is 5.03. The maximum Gasteiger partial charge on any atom is 0.341 e. The lowest BCUT2D eigenvalue weighted by molar-refractivity contribution is 0.0478. The van der Waals surface area contributed by atoms with E-state index in [9.17, 15) is 18.3 Å². The Morgan fingerprint density at radius 1 is 1.28 bits per heavy atom. The lowest BCUT2D eigenvalue weighted by Crippen LogP contribution is -2.23. The number of pyridine rings is 1. The number of ether oxygens (including phenoxy) is 3. The largest absolute Gasteiger partial charge is 0.491 e. The Bertz CT molecular complexity index is 1130. The number of carbonyl (C=O) groups excluding carboxylic acids is 1. The summed E-state index contributed by atoms with van der Waals surface area (Å²) in [5.74, 6) is -0.354. The van der Waals surface area contributed by atoms with E-state index in [1.165, 1.54) is 25.3 Å². The van der Waals surface area contributed by atoms with Crippen LogP contribution < -0.4 is 9.46 Å². The molecule has 3 rings (SSSR count). The molecule has 0 spiro atoms. The zero-order chi connectivity index (χ0) is 26.1. The molecule has 198 valence electrons. The van der Waals surface area contributed by atoms with Crippen molar-refractivity contribution >= 4 is 21.8 Å². The Labute approximate surface area is 213 Å². The van der Waals surface area contributed by atoms with Crippen LogP contribution in [0.5, 0.6) is 5.75 Å². The highest BCUT2D eigenvalue weighted by Crippen LogP contribution is 2.32. The van der Waals surface area contributed by atoms with E-state index in [1.807, 2.05) is 19.9 Å². The number of hydrogen-bond donors (Lipinski definition) is 2. The number of aryl methyl sites for hydroxylation is 2. The molecule has 0 saturated carbocycles. The van der Waals surface area contributed by atoms with Crippen molar-refractivity contribution in [1.29, 1.82) is 0 Å². The predicted molar refractivity (Wildman–Crippen MR) is 136 cm³/mol. The number of methoxy groups -OCH3 is 1. The van der Waals surface area contributed by atoms with E-state index in [2.05, 4.69) is 9.71 Å². The number of nitrogens with one attached hydrogen (secondary N) is 1. The molecule has 1 aliphatic rings. The van der Waals surface area contributed by atoms with E-state index in [1.54, 1.807) is 6.20 Å². The average Bonchev–Trinajstić information content (AvgIpc) is 2.90. The molecule has 2 aromatic rings. The van der Waals surface area contributed by atoms with Crippen LogP contribution >= 0.6 is 0 Å². The Hall–Kier alpha value is -2.69. The fourth-order valence-corrected chi connectivity index (χ4v) is 5.22. The van der Waals surface area contributed by atoms with Crippen LogP contribution in [0.1, 0.15) is 61.0 Å². The summed E-state index contributed by atoms with van der Waals surface area (Å²) in [6.45, 7) is 5.38. The average molecular weight is 521 g/mol. The van der Waals surface area contributed by atoms with Crippen LogP contribution in [0.2, 0.25) is 0 Å². The van der Waals surface area contributed by atoms with Crippen molar-refractivity contribution in [3.05, 3.63) is 47.2 Å². The molecule has 1 unspecified atom stereocenters. The number of para-hydroxylation sites is 1. The summed E-state index contributed by atoms with van der Waals surface area (Å²) in [4.78, 5) is 16.7. The van der Waals surface area contributed by atoms with Crippen LogP contribution in [0.4, 0.5) is 5.82 Å². The van der Waals surface area contributed by atoms with Crippen LogP contribution in [-0.2, 0) is 32.3 Å². The van der Waals surface area contributed by atoms with Gasteiger partial charge < -0.3 is 19.3 Å². The smallest absolute Gasteiger partial charge is 0.341 e. The second-order valence-electron chi connectivity index (χ2n) is 8.90. The Kier molecular flexibility index (Phi) is 10.1. The Morgan fingerprint density at radius 2 is 2.03 bits per heavy atom. The third-order valence-electron chi connectivity index (χ3n) is 6.36. The predicted octanol–water partition coefficient (Wildman–Crippen LogP) is 3.74. The van der Waals surface area contributed by atoms with Gasteiger partial charge in [-0.1, -0.05) is 26.0 Å². The molecule has 0 amide bonds. The zero-order valence-corrected chi connectivity index (χ0v) is 22.0. The summed E-state index contributed by atoms with van der Waals surface area (Å²) in [7, 11) is -2.94. The first-order chi connectivity index (χ1) is 17.3. The Morgan fingerprint density at radius 3 is 2.69 bits per heavy atom. The fraction of sp³-hybridized carbons (Fsp3) is 0.538. The first kappa shape index (κ1) is 27.9. The number of aliphatic hydroxyl groups is 1. The first-order valence-corrected chi connectivity index (χ1v) is 13.9. The third kappa shape index (κ3) is 7.18. The molecule has 0 aliphatic carbocycles. The summed E-state index contributed by atoms with van der Waals surface area (Å²) < 4.78 is 46.0. The van der Waals surface area contributed by atoms with Crippen LogP contribution in [0, 0.1) is 5.92 Å². The number of carbonyl (C=O) groups is 1. The number of esters is 1. The van der Waals surface area contributed by atoms with Gasteiger partial charge in [-0.3, -0.25) is 4.72 Å². The quantitative estimate of drug-likeness (QED) is 0.406. The second-order valence-corrected chi connectivity index (χ2v) is 10.6. The molecule has 1 aliphatic heterocycles. The summed E-state index contributed by atoms with van der Waals surface area (Å²) >= 11 is 0. The van der Waals surface area contributed by atoms with Crippen molar-refractivity contribution in [1.82, 2.24) is 4.98 Å². The molecule has 2 N–H and O–H groups in total. The minimum Gasteiger partial charge on any atom is -0.491 e. The van der Waals surface area contributed by atoms with E-state index in [0.29, 0.717) is 38.0 Å². The monoisotopic (exact) mass is 520 g/mol. The van der Waals surface area contributed by atoms with Gasteiger partial charge in [0.25, 0.3) is 10.0 Å². The standard InChI is InChI=1S/C26H36N2O7S/c1-4-18-15-20(9-10-21(29)5-2)25(27-16-18)28-36(31,32)23-8-6-7-22(26(30)33-3)24(23)35-17-19-11-13-34-14-12-19/h6-8,15-16,19,21,29H,4-5,9-14,17H2,1-3H3,(H,27,28). The highest BCUT2D eigenvalue weighted by atomic mass is 32.2. The van der Waals surface area contributed by atoms with Gasteiger partial charge in [0.15, 0.2) is 5.75 Å². The maximum atomic E-state index is 13.6. The van der Waals surface area contributed by atoms with Crippen LogP contribution in [0.3, 0.4) is 0 Å². The maximum absolute atomic E-state index is 13.6. The van der Waals surface area contributed by atoms with Gasteiger partial charge in [0.05, 0.1) is 19.8 Å². The number of anilines is 1. The highest BCUT2D eigenvalue weighted by Gasteiger charge is 2.28. The Balaban J connectivity index is 1.95. The molecule has 10 heteroatoms. The van der Waals surface area contributed by atoms with E-state index in [0.717, 1.165) is 24.8 Å². The van der Waals surface area contributed by atoms with Crippen LogP contribution in [0.15, 0.2) is 35.4 Å². The number of nitrogens with zero attached hydrogens (tertiary/aromatic N) is 1. The van der Waals surface area contributed by atoms with Gasteiger partial charge in [0, 0.05) is 19.4 Å². The van der Waals surface area contributed by atoms with E-state index in [-0.39, 0.29) is 34.6 Å². The van der Waals surface area contributed by atoms with Gasteiger partial charge in [-0.05, 0) is 67.7 Å². The topological polar surface area (TPSA) is 124 Å².